The molecule has 4 aliphatic rings. The second-order valence-corrected chi connectivity index (χ2v) is 14.8. The van der Waals surface area contributed by atoms with Crippen molar-refractivity contribution in [2.75, 3.05) is 0 Å². The highest BCUT2D eigenvalue weighted by Crippen LogP contribution is 2.75. The Morgan fingerprint density at radius 3 is 2.24 bits per heavy atom. The minimum Gasteiger partial charge on any atom is -0.393 e. The maximum atomic E-state index is 14.0. The van der Waals surface area contributed by atoms with E-state index in [-0.39, 0.29) is 39.6 Å². The number of carbonyl (C=O) groups is 1. The zero-order valence-electron chi connectivity index (χ0n) is 22.8. The third kappa shape index (κ3) is 3.61. The minimum atomic E-state index is -0.756. The molecule has 3 nitrogen and oxygen atoms in total. The van der Waals surface area contributed by atoms with Gasteiger partial charge in [-0.15, -0.1) is 0 Å². The van der Waals surface area contributed by atoms with Gasteiger partial charge in [0.15, 0.2) is 0 Å². The smallest absolute Gasteiger partial charge is 0.137 e. The van der Waals surface area contributed by atoms with Gasteiger partial charge in [0.2, 0.25) is 0 Å². The number of rotatable bonds is 5. The lowest BCUT2D eigenvalue weighted by Gasteiger charge is -2.69. The molecule has 3 heteroatoms. The number of ketones is 1. The van der Waals surface area contributed by atoms with Crippen LogP contribution >= 0.6 is 0 Å². The van der Waals surface area contributed by atoms with E-state index in [9.17, 15) is 15.0 Å². The average molecular weight is 461 g/mol. The van der Waals surface area contributed by atoms with Gasteiger partial charge in [-0.25, -0.2) is 0 Å². The molecule has 2 N–H and O–H groups in total. The second-order valence-electron chi connectivity index (χ2n) is 14.8. The Morgan fingerprint density at radius 2 is 1.61 bits per heavy atom. The van der Waals surface area contributed by atoms with Crippen LogP contribution in [0.4, 0.5) is 0 Å². The fourth-order valence-electron chi connectivity index (χ4n) is 10.2. The van der Waals surface area contributed by atoms with Crippen LogP contribution < -0.4 is 0 Å². The van der Waals surface area contributed by atoms with Crippen molar-refractivity contribution in [1.29, 1.82) is 0 Å². The van der Waals surface area contributed by atoms with Gasteiger partial charge in [0.1, 0.15) is 5.78 Å². The lowest BCUT2D eigenvalue weighted by atomic mass is 9.35. The van der Waals surface area contributed by atoms with Crippen LogP contribution in [-0.2, 0) is 4.79 Å². The van der Waals surface area contributed by atoms with E-state index in [2.05, 4.69) is 48.5 Å². The predicted molar refractivity (Wildman–Crippen MR) is 135 cm³/mol. The molecule has 4 rings (SSSR count). The number of hydrogen-bond donors (Lipinski definition) is 2. The molecule has 33 heavy (non-hydrogen) atoms. The van der Waals surface area contributed by atoms with E-state index in [1.54, 1.807) is 0 Å². The first-order valence-corrected chi connectivity index (χ1v) is 14.0. The summed E-state index contributed by atoms with van der Waals surface area (Å²) in [6, 6.07) is 0. The van der Waals surface area contributed by atoms with Gasteiger partial charge in [-0.05, 0) is 97.2 Å². The average Bonchev–Trinajstić information content (AvgIpc) is 3.08. The maximum absolute atomic E-state index is 14.0. The molecule has 0 aromatic heterocycles. The summed E-state index contributed by atoms with van der Waals surface area (Å²) in [6.45, 7) is 18.4. The lowest BCUT2D eigenvalue weighted by Crippen LogP contribution is -2.65. The van der Waals surface area contributed by atoms with Gasteiger partial charge in [0.25, 0.3) is 0 Å². The van der Waals surface area contributed by atoms with Crippen molar-refractivity contribution < 1.29 is 15.0 Å². The lowest BCUT2D eigenvalue weighted by molar-refractivity contribution is -0.221. The van der Waals surface area contributed by atoms with Crippen molar-refractivity contribution >= 4 is 5.78 Å². The van der Waals surface area contributed by atoms with Crippen molar-refractivity contribution in [1.82, 2.24) is 0 Å². The highest BCUT2D eigenvalue weighted by atomic mass is 16.3. The number of hydrogen-bond acceptors (Lipinski definition) is 3. The van der Waals surface area contributed by atoms with E-state index in [4.69, 9.17) is 0 Å². The molecule has 4 fully saturated rings. The van der Waals surface area contributed by atoms with Crippen molar-refractivity contribution in [2.45, 2.75) is 131 Å². The molecule has 0 saturated heterocycles. The van der Waals surface area contributed by atoms with E-state index in [0.29, 0.717) is 30.0 Å². The summed E-state index contributed by atoms with van der Waals surface area (Å²) in [5.41, 5.74) is -0.648. The zero-order valence-corrected chi connectivity index (χ0v) is 22.8. The summed E-state index contributed by atoms with van der Waals surface area (Å²) < 4.78 is 0. The number of fused-ring (bicyclic) bond motifs is 5. The van der Waals surface area contributed by atoms with Crippen molar-refractivity contribution in [3.63, 3.8) is 0 Å². The van der Waals surface area contributed by atoms with Crippen LogP contribution in [0, 0.1) is 51.2 Å². The first-order valence-electron chi connectivity index (χ1n) is 14.0. The number of carbonyl (C=O) groups excluding carboxylic acids is 1. The first-order chi connectivity index (χ1) is 15.1. The summed E-state index contributed by atoms with van der Waals surface area (Å²) in [6.07, 6.45) is 9.66. The summed E-state index contributed by atoms with van der Waals surface area (Å²) in [4.78, 5) is 14.0. The van der Waals surface area contributed by atoms with E-state index < -0.39 is 5.60 Å². The van der Waals surface area contributed by atoms with Crippen LogP contribution in [0.2, 0.25) is 0 Å². The standard InChI is InChI=1S/C30H52O3/c1-19(2)10-9-14-30(8,33)20-11-16-29(7)25(20)21(31)18-23-27(5)15-13-24(32)26(3,4)22(27)12-17-28(23,29)6/h19-20,22-25,32-33H,9-18H2,1-8H3/t20-,22-,23+,24-,25-,27-,28+,29+,30+/m0/s1. The number of aliphatic hydroxyl groups excluding tert-OH is 1. The monoisotopic (exact) mass is 460 g/mol. The zero-order chi connectivity index (χ0) is 24.6. The molecular formula is C30H52O3. The topological polar surface area (TPSA) is 57.5 Å². The summed E-state index contributed by atoms with van der Waals surface area (Å²) in [5, 5.41) is 22.5. The molecule has 0 aromatic carbocycles. The van der Waals surface area contributed by atoms with Crippen molar-refractivity contribution in [3.05, 3.63) is 0 Å². The minimum absolute atomic E-state index is 0.00450. The van der Waals surface area contributed by atoms with Crippen LogP contribution in [0.25, 0.3) is 0 Å². The van der Waals surface area contributed by atoms with Crippen LogP contribution in [0.3, 0.4) is 0 Å². The molecule has 0 amide bonds. The summed E-state index contributed by atoms with van der Waals surface area (Å²) in [5.74, 6) is 2.02. The van der Waals surface area contributed by atoms with Crippen molar-refractivity contribution in [3.8, 4) is 0 Å². The molecular weight excluding hydrogens is 408 g/mol. The summed E-state index contributed by atoms with van der Waals surface area (Å²) >= 11 is 0. The van der Waals surface area contributed by atoms with Crippen LogP contribution in [0.1, 0.15) is 120 Å². The van der Waals surface area contributed by atoms with Gasteiger partial charge >= 0.3 is 0 Å². The SMILES string of the molecule is CC(C)CCC[C@@](C)(O)[C@H]1CC[C@]2(C)[C@@H]1C(=O)C[C@@H]1[C@@]3(C)CC[C@H](O)C(C)(C)[C@@H]3CC[C@]12C. The quantitative estimate of drug-likeness (QED) is 0.475. The van der Waals surface area contributed by atoms with Crippen LogP contribution in [0.15, 0.2) is 0 Å². The van der Waals surface area contributed by atoms with E-state index in [1.165, 1.54) is 0 Å². The molecule has 0 aliphatic heterocycles. The third-order valence-electron chi connectivity index (χ3n) is 12.4. The molecule has 0 unspecified atom stereocenters. The van der Waals surface area contributed by atoms with E-state index in [1.807, 2.05) is 6.92 Å². The Morgan fingerprint density at radius 1 is 0.970 bits per heavy atom. The van der Waals surface area contributed by atoms with Gasteiger partial charge in [-0.1, -0.05) is 61.3 Å². The Bertz CT molecular complexity index is 769. The Hall–Kier alpha value is -0.410. The Kier molecular flexibility index (Phi) is 6.26. The molecule has 0 spiro atoms. The molecule has 0 heterocycles. The van der Waals surface area contributed by atoms with Crippen LogP contribution in [0.5, 0.6) is 0 Å². The summed E-state index contributed by atoms with van der Waals surface area (Å²) in [7, 11) is 0. The fourth-order valence-corrected chi connectivity index (χ4v) is 10.2. The molecule has 0 bridgehead atoms. The first kappa shape index (κ1) is 25.7. The predicted octanol–water partition coefficient (Wildman–Crippen LogP) is 6.79. The normalized spacial score (nSPS) is 48.7. The second kappa shape index (κ2) is 8.05. The third-order valence-corrected chi connectivity index (χ3v) is 12.4. The Balaban J connectivity index is 1.65. The number of aliphatic hydroxyl groups is 2. The highest BCUT2D eigenvalue weighted by Gasteiger charge is 2.71. The fraction of sp³-hybridized carbons (Fsp3) is 0.967. The van der Waals surface area contributed by atoms with E-state index >= 15 is 0 Å². The van der Waals surface area contributed by atoms with Gasteiger partial charge in [0, 0.05) is 12.3 Å². The van der Waals surface area contributed by atoms with Gasteiger partial charge < -0.3 is 10.2 Å². The van der Waals surface area contributed by atoms with Gasteiger partial charge in [0.05, 0.1) is 11.7 Å². The van der Waals surface area contributed by atoms with Crippen LogP contribution in [-0.4, -0.2) is 27.7 Å². The molecule has 0 aromatic rings. The van der Waals surface area contributed by atoms with Crippen molar-refractivity contribution in [2.24, 2.45) is 51.2 Å². The number of Topliss-reactive ketones (excluding diaryl/α,β-unsaturated/α-hetero) is 1. The van der Waals surface area contributed by atoms with Gasteiger partial charge in [-0.3, -0.25) is 4.79 Å². The molecule has 4 aliphatic carbocycles. The Labute approximate surface area is 203 Å². The molecule has 4 saturated carbocycles. The molecule has 9 atom stereocenters. The molecule has 0 radical (unpaired) electrons. The highest BCUT2D eigenvalue weighted by molar-refractivity contribution is 5.84. The molecule has 190 valence electrons. The van der Waals surface area contributed by atoms with E-state index in [0.717, 1.165) is 57.8 Å². The maximum Gasteiger partial charge on any atom is 0.137 e. The van der Waals surface area contributed by atoms with Gasteiger partial charge in [-0.2, -0.15) is 0 Å². The largest absolute Gasteiger partial charge is 0.393 e.